The number of amides is 1. The number of para-hydroxylation sites is 1. The lowest BCUT2D eigenvalue weighted by atomic mass is 10.1. The normalized spacial score (nSPS) is 10.2. The Morgan fingerprint density at radius 1 is 1.42 bits per heavy atom. The molecule has 0 aliphatic rings. The Bertz CT molecular complexity index is 636. The molecule has 2 rings (SSSR count). The number of rotatable bonds is 3. The van der Waals surface area contributed by atoms with Gasteiger partial charge in [0.15, 0.2) is 0 Å². The summed E-state index contributed by atoms with van der Waals surface area (Å²) in [5.41, 5.74) is 7.47. The molecular weight excluding hydrogens is 278 g/mol. The van der Waals surface area contributed by atoms with Gasteiger partial charge in [-0.05, 0) is 19.1 Å². The number of anilines is 1. The molecular formula is C13H13N3OS2. The van der Waals surface area contributed by atoms with Crippen molar-refractivity contribution in [2.24, 2.45) is 5.73 Å². The molecule has 1 aromatic carbocycles. The van der Waals surface area contributed by atoms with Gasteiger partial charge in [0, 0.05) is 18.0 Å². The Hall–Kier alpha value is -1.79. The first-order chi connectivity index (χ1) is 9.00. The fourth-order valence-corrected chi connectivity index (χ4v) is 2.48. The minimum absolute atomic E-state index is 0.173. The molecule has 98 valence electrons. The number of benzene rings is 1. The fourth-order valence-electron chi connectivity index (χ4n) is 1.72. The van der Waals surface area contributed by atoms with Crippen molar-refractivity contribution in [1.29, 1.82) is 0 Å². The maximum atomic E-state index is 12.3. The molecule has 0 bridgehead atoms. The number of nitrogens with two attached hydrogens (primary N) is 1. The molecule has 0 saturated heterocycles. The van der Waals surface area contributed by atoms with Crippen LogP contribution < -0.4 is 10.6 Å². The third-order valence-electron chi connectivity index (χ3n) is 2.67. The van der Waals surface area contributed by atoms with E-state index in [0.717, 1.165) is 5.01 Å². The van der Waals surface area contributed by atoms with Crippen molar-refractivity contribution >= 4 is 40.1 Å². The Kier molecular flexibility index (Phi) is 3.92. The highest BCUT2D eigenvalue weighted by molar-refractivity contribution is 7.80. The van der Waals surface area contributed by atoms with Crippen LogP contribution in [0.4, 0.5) is 5.69 Å². The van der Waals surface area contributed by atoms with Gasteiger partial charge < -0.3 is 10.6 Å². The van der Waals surface area contributed by atoms with E-state index in [1.807, 2.05) is 25.1 Å². The molecule has 2 N–H and O–H groups in total. The summed E-state index contributed by atoms with van der Waals surface area (Å²) in [7, 11) is 1.69. The minimum Gasteiger partial charge on any atom is -0.389 e. The van der Waals surface area contributed by atoms with Crippen LogP contribution >= 0.6 is 23.6 Å². The molecule has 19 heavy (non-hydrogen) atoms. The lowest BCUT2D eigenvalue weighted by Gasteiger charge is -2.19. The largest absolute Gasteiger partial charge is 0.389 e. The molecule has 0 unspecified atom stereocenters. The van der Waals surface area contributed by atoms with Crippen molar-refractivity contribution in [2.45, 2.75) is 6.92 Å². The molecule has 0 saturated carbocycles. The van der Waals surface area contributed by atoms with Crippen LogP contribution in [-0.2, 0) is 0 Å². The van der Waals surface area contributed by atoms with E-state index in [1.54, 1.807) is 18.5 Å². The zero-order valence-corrected chi connectivity index (χ0v) is 12.2. The molecule has 0 aliphatic carbocycles. The average Bonchev–Trinajstić information content (AvgIpc) is 2.83. The summed E-state index contributed by atoms with van der Waals surface area (Å²) in [5.74, 6) is -0.173. The quantitative estimate of drug-likeness (QED) is 0.882. The first kappa shape index (κ1) is 13.6. The van der Waals surface area contributed by atoms with Gasteiger partial charge in [-0.25, -0.2) is 4.98 Å². The zero-order chi connectivity index (χ0) is 14.0. The Labute approximate surface area is 120 Å². The van der Waals surface area contributed by atoms with Crippen molar-refractivity contribution in [2.75, 3.05) is 11.9 Å². The van der Waals surface area contributed by atoms with Crippen LogP contribution in [0.25, 0.3) is 0 Å². The molecule has 0 radical (unpaired) electrons. The number of aromatic nitrogens is 1. The summed E-state index contributed by atoms with van der Waals surface area (Å²) >= 11 is 6.45. The second kappa shape index (κ2) is 5.46. The monoisotopic (exact) mass is 291 g/mol. The fraction of sp³-hybridized carbons (Fsp3) is 0.154. The van der Waals surface area contributed by atoms with Crippen molar-refractivity contribution in [3.8, 4) is 0 Å². The second-order valence-corrected chi connectivity index (χ2v) is 5.50. The van der Waals surface area contributed by atoms with Gasteiger partial charge in [0.05, 0.1) is 10.7 Å². The number of nitrogens with zero attached hydrogens (tertiary/aromatic N) is 2. The number of thiocarbonyl (C=S) groups is 1. The maximum absolute atomic E-state index is 12.3. The molecule has 0 fully saturated rings. The summed E-state index contributed by atoms with van der Waals surface area (Å²) in [6, 6.07) is 7.29. The summed E-state index contributed by atoms with van der Waals surface area (Å²) in [4.78, 5) is 18.3. The van der Waals surface area contributed by atoms with E-state index in [1.165, 1.54) is 16.2 Å². The summed E-state index contributed by atoms with van der Waals surface area (Å²) in [5, 5.41) is 2.61. The highest BCUT2D eigenvalue weighted by Crippen LogP contribution is 2.21. The highest BCUT2D eigenvalue weighted by Gasteiger charge is 2.19. The van der Waals surface area contributed by atoms with Gasteiger partial charge in [0.25, 0.3) is 5.91 Å². The average molecular weight is 291 g/mol. The van der Waals surface area contributed by atoms with Gasteiger partial charge in [0.1, 0.15) is 10.7 Å². The summed E-state index contributed by atoms with van der Waals surface area (Å²) in [6.07, 6.45) is 0. The predicted molar refractivity (Wildman–Crippen MR) is 81.9 cm³/mol. The molecule has 0 atom stereocenters. The molecule has 2 aromatic rings. The third-order valence-corrected chi connectivity index (χ3v) is 3.67. The molecule has 6 heteroatoms. The van der Waals surface area contributed by atoms with Crippen LogP contribution in [0.1, 0.15) is 21.1 Å². The van der Waals surface area contributed by atoms with E-state index >= 15 is 0 Å². The number of thiazole rings is 1. The van der Waals surface area contributed by atoms with Gasteiger partial charge in [-0.2, -0.15) is 0 Å². The summed E-state index contributed by atoms with van der Waals surface area (Å²) in [6.45, 7) is 1.87. The first-order valence-corrected chi connectivity index (χ1v) is 6.88. The number of aryl methyl sites for hydroxylation is 1. The van der Waals surface area contributed by atoms with E-state index in [9.17, 15) is 4.79 Å². The van der Waals surface area contributed by atoms with Crippen molar-refractivity contribution in [3.05, 3.63) is 45.9 Å². The predicted octanol–water partition coefficient (Wildman–Crippen LogP) is 2.36. The molecule has 1 aromatic heterocycles. The SMILES string of the molecule is Cc1nc(C(=O)N(C)c2ccccc2C(N)=S)cs1. The maximum Gasteiger partial charge on any atom is 0.277 e. The van der Waals surface area contributed by atoms with Crippen LogP contribution in [-0.4, -0.2) is 22.9 Å². The number of carbonyl (C=O) groups excluding carboxylic acids is 1. The van der Waals surface area contributed by atoms with Crippen LogP contribution in [0.5, 0.6) is 0 Å². The topological polar surface area (TPSA) is 59.2 Å². The van der Waals surface area contributed by atoms with Crippen LogP contribution in [0, 0.1) is 6.92 Å². The molecule has 1 amide bonds. The lowest BCUT2D eigenvalue weighted by molar-refractivity contribution is 0.0989. The number of hydrogen-bond donors (Lipinski definition) is 1. The minimum atomic E-state index is -0.173. The van der Waals surface area contributed by atoms with E-state index < -0.39 is 0 Å². The highest BCUT2D eigenvalue weighted by atomic mass is 32.1. The van der Waals surface area contributed by atoms with E-state index in [4.69, 9.17) is 18.0 Å². The smallest absolute Gasteiger partial charge is 0.277 e. The number of carbonyl (C=O) groups is 1. The standard InChI is InChI=1S/C13H13N3OS2/c1-8-15-10(7-19-8)13(17)16(2)11-6-4-3-5-9(11)12(14)18/h3-7H,1-2H3,(H2,14,18). The third kappa shape index (κ3) is 2.80. The zero-order valence-electron chi connectivity index (χ0n) is 10.6. The summed E-state index contributed by atoms with van der Waals surface area (Å²) < 4.78 is 0. The first-order valence-electron chi connectivity index (χ1n) is 5.59. The van der Waals surface area contributed by atoms with Crippen LogP contribution in [0.3, 0.4) is 0 Å². The van der Waals surface area contributed by atoms with Gasteiger partial charge in [0.2, 0.25) is 0 Å². The molecule has 0 aliphatic heterocycles. The van der Waals surface area contributed by atoms with Gasteiger partial charge in [-0.15, -0.1) is 11.3 Å². The van der Waals surface area contributed by atoms with Crippen molar-refractivity contribution < 1.29 is 4.79 Å². The Morgan fingerprint density at radius 3 is 2.68 bits per heavy atom. The molecule has 4 nitrogen and oxygen atoms in total. The van der Waals surface area contributed by atoms with E-state index in [-0.39, 0.29) is 10.9 Å². The van der Waals surface area contributed by atoms with Crippen LogP contribution in [0.15, 0.2) is 29.6 Å². The molecule has 1 heterocycles. The number of hydrogen-bond acceptors (Lipinski definition) is 4. The Morgan fingerprint density at radius 2 is 2.11 bits per heavy atom. The van der Waals surface area contributed by atoms with Gasteiger partial charge in [-0.1, -0.05) is 24.4 Å². The van der Waals surface area contributed by atoms with Gasteiger partial charge in [-0.3, -0.25) is 4.79 Å². The van der Waals surface area contributed by atoms with Crippen LogP contribution in [0.2, 0.25) is 0 Å². The Balaban J connectivity index is 2.37. The van der Waals surface area contributed by atoms with Crippen molar-refractivity contribution in [3.63, 3.8) is 0 Å². The van der Waals surface area contributed by atoms with E-state index in [2.05, 4.69) is 4.98 Å². The lowest BCUT2D eigenvalue weighted by Crippen LogP contribution is -2.29. The van der Waals surface area contributed by atoms with Gasteiger partial charge >= 0.3 is 0 Å². The molecule has 0 spiro atoms. The second-order valence-electron chi connectivity index (χ2n) is 4.00. The van der Waals surface area contributed by atoms with Crippen molar-refractivity contribution in [1.82, 2.24) is 4.98 Å². The van der Waals surface area contributed by atoms with E-state index in [0.29, 0.717) is 16.9 Å².